The number of nitrogens with zero attached hydrogens (tertiary/aromatic N) is 2. The highest BCUT2D eigenvalue weighted by molar-refractivity contribution is 5.97. The number of hydrogen-bond acceptors (Lipinski definition) is 5. The van der Waals surface area contributed by atoms with Crippen molar-refractivity contribution in [1.82, 2.24) is 15.2 Å². The van der Waals surface area contributed by atoms with E-state index in [2.05, 4.69) is 34.5 Å². The molecule has 2 amide bonds. The van der Waals surface area contributed by atoms with Crippen molar-refractivity contribution in [2.75, 3.05) is 25.5 Å². The van der Waals surface area contributed by atoms with Crippen LogP contribution in [0.2, 0.25) is 0 Å². The second-order valence-corrected chi connectivity index (χ2v) is 8.86. The summed E-state index contributed by atoms with van der Waals surface area (Å²) in [6, 6.07) is 10.8. The van der Waals surface area contributed by atoms with Gasteiger partial charge in [0.1, 0.15) is 12.1 Å². The van der Waals surface area contributed by atoms with E-state index in [0.717, 1.165) is 49.9 Å². The standard InChI is InChI=1S/C26H36N4O3/c1-4-5-10-23(29-24(31)17-20-9-7-6-8-19(20)2)26(32)28-21-11-12-25(27-18-21)33-22-13-15-30(3)16-14-22/h6-9,11-12,18,22-23H,4-5,10,13-17H2,1-3H3,(H,28,32)(H,29,31). The van der Waals surface area contributed by atoms with Gasteiger partial charge in [-0.05, 0) is 50.4 Å². The van der Waals surface area contributed by atoms with Crippen molar-refractivity contribution < 1.29 is 14.3 Å². The van der Waals surface area contributed by atoms with Gasteiger partial charge >= 0.3 is 0 Å². The van der Waals surface area contributed by atoms with Crippen molar-refractivity contribution in [1.29, 1.82) is 0 Å². The number of anilines is 1. The van der Waals surface area contributed by atoms with E-state index in [0.29, 0.717) is 18.0 Å². The van der Waals surface area contributed by atoms with E-state index < -0.39 is 6.04 Å². The van der Waals surface area contributed by atoms with E-state index >= 15 is 0 Å². The van der Waals surface area contributed by atoms with Gasteiger partial charge in [-0.2, -0.15) is 0 Å². The summed E-state index contributed by atoms with van der Waals surface area (Å²) in [5.74, 6) is 0.185. The fraction of sp³-hybridized carbons (Fsp3) is 0.500. The third-order valence-electron chi connectivity index (χ3n) is 6.07. The van der Waals surface area contributed by atoms with Gasteiger partial charge in [0, 0.05) is 19.2 Å². The molecule has 1 aliphatic rings. The second kappa shape index (κ2) is 12.3. The number of amides is 2. The molecule has 1 aliphatic heterocycles. The van der Waals surface area contributed by atoms with Gasteiger partial charge in [0.2, 0.25) is 17.7 Å². The van der Waals surface area contributed by atoms with Gasteiger partial charge < -0.3 is 20.3 Å². The first-order valence-corrected chi connectivity index (χ1v) is 11.9. The number of hydrogen-bond donors (Lipinski definition) is 2. The maximum atomic E-state index is 12.9. The van der Waals surface area contributed by atoms with Crippen LogP contribution in [0.5, 0.6) is 5.88 Å². The van der Waals surface area contributed by atoms with Gasteiger partial charge in [-0.15, -0.1) is 0 Å². The highest BCUT2D eigenvalue weighted by Gasteiger charge is 2.22. The number of aromatic nitrogens is 1. The van der Waals surface area contributed by atoms with E-state index in [1.54, 1.807) is 18.3 Å². The quantitative estimate of drug-likeness (QED) is 0.574. The lowest BCUT2D eigenvalue weighted by molar-refractivity contribution is -0.126. The van der Waals surface area contributed by atoms with E-state index in [9.17, 15) is 9.59 Å². The molecule has 178 valence electrons. The molecule has 0 saturated carbocycles. The van der Waals surface area contributed by atoms with Crippen molar-refractivity contribution in [3.05, 3.63) is 53.7 Å². The Morgan fingerprint density at radius 2 is 1.94 bits per heavy atom. The number of rotatable bonds is 10. The normalized spacial score (nSPS) is 15.6. The van der Waals surface area contributed by atoms with Gasteiger partial charge in [0.25, 0.3) is 0 Å². The van der Waals surface area contributed by atoms with E-state index in [1.165, 1.54) is 0 Å². The SMILES string of the molecule is CCCCC(NC(=O)Cc1ccccc1C)C(=O)Nc1ccc(OC2CCN(C)CC2)nc1. The van der Waals surface area contributed by atoms with Crippen LogP contribution in [0.15, 0.2) is 42.6 Å². The Morgan fingerprint density at radius 3 is 2.61 bits per heavy atom. The van der Waals surface area contributed by atoms with Crippen molar-refractivity contribution in [3.8, 4) is 5.88 Å². The molecule has 1 aromatic heterocycles. The Balaban J connectivity index is 1.55. The van der Waals surface area contributed by atoms with Gasteiger partial charge in [-0.1, -0.05) is 44.0 Å². The van der Waals surface area contributed by atoms with Crippen LogP contribution in [0, 0.1) is 6.92 Å². The number of ether oxygens (including phenoxy) is 1. The minimum atomic E-state index is -0.586. The zero-order valence-corrected chi connectivity index (χ0v) is 20.0. The topological polar surface area (TPSA) is 83.6 Å². The molecule has 0 radical (unpaired) electrons. The molecule has 7 heteroatoms. The monoisotopic (exact) mass is 452 g/mol. The Hall–Kier alpha value is -2.93. The Morgan fingerprint density at radius 1 is 1.18 bits per heavy atom. The van der Waals surface area contributed by atoms with Crippen LogP contribution in [0.25, 0.3) is 0 Å². The molecule has 1 atom stereocenters. The van der Waals surface area contributed by atoms with Crippen LogP contribution in [0.4, 0.5) is 5.69 Å². The minimum absolute atomic E-state index is 0.152. The average molecular weight is 453 g/mol. The van der Waals surface area contributed by atoms with Crippen LogP contribution < -0.4 is 15.4 Å². The number of aryl methyl sites for hydroxylation is 1. The van der Waals surface area contributed by atoms with Crippen LogP contribution in [0.3, 0.4) is 0 Å². The average Bonchev–Trinajstić information content (AvgIpc) is 2.81. The smallest absolute Gasteiger partial charge is 0.246 e. The number of likely N-dealkylation sites (tertiary alicyclic amines) is 1. The summed E-state index contributed by atoms with van der Waals surface area (Å²) < 4.78 is 5.98. The molecule has 2 aromatic rings. The second-order valence-electron chi connectivity index (χ2n) is 8.86. The van der Waals surface area contributed by atoms with Crippen molar-refractivity contribution in [2.45, 2.75) is 64.5 Å². The van der Waals surface area contributed by atoms with Crippen LogP contribution >= 0.6 is 0 Å². The van der Waals surface area contributed by atoms with E-state index in [4.69, 9.17) is 4.74 Å². The van der Waals surface area contributed by atoms with Gasteiger partial charge in [-0.3, -0.25) is 9.59 Å². The molecule has 0 bridgehead atoms. The van der Waals surface area contributed by atoms with Crippen molar-refractivity contribution in [2.24, 2.45) is 0 Å². The van der Waals surface area contributed by atoms with Gasteiger partial charge in [-0.25, -0.2) is 4.98 Å². The summed E-state index contributed by atoms with van der Waals surface area (Å²) in [5.41, 5.74) is 2.62. The summed E-state index contributed by atoms with van der Waals surface area (Å²) in [6.07, 6.45) is 6.40. The summed E-state index contributed by atoms with van der Waals surface area (Å²) in [7, 11) is 2.12. The molecule has 0 spiro atoms. The lowest BCUT2D eigenvalue weighted by Gasteiger charge is -2.28. The first-order chi connectivity index (χ1) is 15.9. The summed E-state index contributed by atoms with van der Waals surface area (Å²) in [5, 5.41) is 5.81. The Bertz CT molecular complexity index is 908. The number of nitrogens with one attached hydrogen (secondary N) is 2. The maximum Gasteiger partial charge on any atom is 0.246 e. The molecule has 1 unspecified atom stereocenters. The zero-order valence-electron chi connectivity index (χ0n) is 20.0. The molecule has 1 saturated heterocycles. The molecule has 1 fully saturated rings. The van der Waals surface area contributed by atoms with Crippen LogP contribution in [-0.2, 0) is 16.0 Å². The number of carbonyl (C=O) groups excluding carboxylic acids is 2. The van der Waals surface area contributed by atoms with Crippen LogP contribution in [-0.4, -0.2) is 54.0 Å². The molecule has 7 nitrogen and oxygen atoms in total. The highest BCUT2D eigenvalue weighted by Crippen LogP contribution is 2.18. The summed E-state index contributed by atoms with van der Waals surface area (Å²) in [6.45, 7) is 6.09. The lowest BCUT2D eigenvalue weighted by atomic mass is 10.0. The number of pyridine rings is 1. The number of unbranched alkanes of at least 4 members (excludes halogenated alkanes) is 1. The lowest BCUT2D eigenvalue weighted by Crippen LogP contribution is -2.44. The Kier molecular flexibility index (Phi) is 9.24. The molecule has 1 aromatic carbocycles. The van der Waals surface area contributed by atoms with Gasteiger partial charge in [0.15, 0.2) is 0 Å². The maximum absolute atomic E-state index is 12.9. The predicted molar refractivity (Wildman–Crippen MR) is 130 cm³/mol. The Labute approximate surface area is 196 Å². The molecule has 2 heterocycles. The van der Waals surface area contributed by atoms with E-state index in [1.807, 2.05) is 31.2 Å². The summed E-state index contributed by atoms with van der Waals surface area (Å²) >= 11 is 0. The molecular formula is C26H36N4O3. The van der Waals surface area contributed by atoms with Gasteiger partial charge in [0.05, 0.1) is 18.3 Å². The first kappa shape index (κ1) is 24.7. The largest absolute Gasteiger partial charge is 0.474 e. The number of piperidine rings is 1. The third kappa shape index (κ3) is 7.86. The van der Waals surface area contributed by atoms with E-state index in [-0.39, 0.29) is 24.3 Å². The zero-order chi connectivity index (χ0) is 23.6. The minimum Gasteiger partial charge on any atom is -0.474 e. The molecular weight excluding hydrogens is 416 g/mol. The predicted octanol–water partition coefficient (Wildman–Crippen LogP) is 3.72. The fourth-order valence-corrected chi connectivity index (χ4v) is 3.93. The third-order valence-corrected chi connectivity index (χ3v) is 6.07. The summed E-state index contributed by atoms with van der Waals surface area (Å²) in [4.78, 5) is 32.2. The number of carbonyl (C=O) groups is 2. The fourth-order valence-electron chi connectivity index (χ4n) is 3.93. The molecule has 2 N–H and O–H groups in total. The molecule has 33 heavy (non-hydrogen) atoms. The molecule has 0 aliphatic carbocycles. The van der Waals surface area contributed by atoms with Crippen molar-refractivity contribution >= 4 is 17.5 Å². The molecule has 3 rings (SSSR count). The number of benzene rings is 1. The van der Waals surface area contributed by atoms with Crippen LogP contribution in [0.1, 0.15) is 50.2 Å². The highest BCUT2D eigenvalue weighted by atomic mass is 16.5. The van der Waals surface area contributed by atoms with Crippen molar-refractivity contribution in [3.63, 3.8) is 0 Å². The first-order valence-electron chi connectivity index (χ1n) is 11.9.